The van der Waals surface area contributed by atoms with Crippen molar-refractivity contribution in [3.63, 3.8) is 0 Å². The number of alkyl halides is 3. The first-order valence-corrected chi connectivity index (χ1v) is 6.10. The fourth-order valence-electron chi connectivity index (χ4n) is 1.95. The van der Waals surface area contributed by atoms with Crippen molar-refractivity contribution < 1.29 is 22.7 Å². The summed E-state index contributed by atoms with van der Waals surface area (Å²) in [5.41, 5.74) is 4.16. The summed E-state index contributed by atoms with van der Waals surface area (Å²) >= 11 is 0. The van der Waals surface area contributed by atoms with Gasteiger partial charge in [0.2, 0.25) is 11.9 Å². The Morgan fingerprint density at radius 3 is 2.81 bits per heavy atom. The van der Waals surface area contributed by atoms with Gasteiger partial charge in [0, 0.05) is 19.7 Å². The maximum absolute atomic E-state index is 12.9. The summed E-state index contributed by atoms with van der Waals surface area (Å²) in [5.74, 6) is -0.892. The third kappa shape index (κ3) is 3.32. The Kier molecular flexibility index (Phi) is 4.16. The van der Waals surface area contributed by atoms with Gasteiger partial charge in [0.05, 0.1) is 13.2 Å². The van der Waals surface area contributed by atoms with Crippen molar-refractivity contribution in [3.05, 3.63) is 11.8 Å². The number of ether oxygens (including phenoxy) is 1. The standard InChI is InChI=1S/C11H14F3N5O2/c1-16-10-17-7(11(12,13)14)4-8(18-10)19-2-3-21-5-6(19)9(15)20/h4,6H,2-3,5H2,1H3,(H2,15,20)(H,16,17,18). The molecule has 0 bridgehead atoms. The molecule has 2 rings (SSSR count). The van der Waals surface area contributed by atoms with Crippen LogP contribution in [0.5, 0.6) is 0 Å². The number of nitrogens with zero attached hydrogens (tertiary/aromatic N) is 3. The Bertz CT molecular complexity index is 537. The van der Waals surface area contributed by atoms with E-state index < -0.39 is 23.8 Å². The summed E-state index contributed by atoms with van der Waals surface area (Å²) in [6.45, 7) is 0.491. The van der Waals surface area contributed by atoms with Gasteiger partial charge < -0.3 is 20.7 Å². The van der Waals surface area contributed by atoms with Crippen LogP contribution in [0.4, 0.5) is 24.9 Å². The first kappa shape index (κ1) is 15.3. The zero-order chi connectivity index (χ0) is 15.6. The Labute approximate surface area is 118 Å². The number of morpholine rings is 1. The lowest BCUT2D eigenvalue weighted by molar-refractivity contribution is -0.141. The fourth-order valence-corrected chi connectivity index (χ4v) is 1.95. The largest absolute Gasteiger partial charge is 0.433 e. The predicted molar refractivity (Wildman–Crippen MR) is 67.7 cm³/mol. The quantitative estimate of drug-likeness (QED) is 0.830. The molecule has 0 spiro atoms. The van der Waals surface area contributed by atoms with Crippen molar-refractivity contribution in [1.82, 2.24) is 9.97 Å². The van der Waals surface area contributed by atoms with E-state index in [9.17, 15) is 18.0 Å². The SMILES string of the molecule is CNc1nc(N2CCOCC2C(N)=O)cc(C(F)(F)F)n1. The minimum Gasteiger partial charge on any atom is -0.377 e. The van der Waals surface area contributed by atoms with E-state index in [0.717, 1.165) is 6.07 Å². The Morgan fingerprint density at radius 1 is 1.52 bits per heavy atom. The van der Waals surface area contributed by atoms with E-state index in [0.29, 0.717) is 0 Å². The van der Waals surface area contributed by atoms with Crippen LogP contribution in [0.25, 0.3) is 0 Å². The lowest BCUT2D eigenvalue weighted by atomic mass is 10.2. The van der Waals surface area contributed by atoms with Gasteiger partial charge in [-0.3, -0.25) is 4.79 Å². The van der Waals surface area contributed by atoms with Crippen molar-refractivity contribution in [2.45, 2.75) is 12.2 Å². The van der Waals surface area contributed by atoms with Crippen LogP contribution in [0.1, 0.15) is 5.69 Å². The molecule has 1 aromatic heterocycles. The summed E-state index contributed by atoms with van der Waals surface area (Å²) in [5, 5.41) is 2.47. The summed E-state index contributed by atoms with van der Waals surface area (Å²) < 4.78 is 43.7. The Hall–Kier alpha value is -2.10. The van der Waals surface area contributed by atoms with Crippen molar-refractivity contribution >= 4 is 17.7 Å². The smallest absolute Gasteiger partial charge is 0.377 e. The van der Waals surface area contributed by atoms with E-state index in [1.165, 1.54) is 11.9 Å². The molecule has 1 saturated heterocycles. The van der Waals surface area contributed by atoms with Crippen LogP contribution >= 0.6 is 0 Å². The number of rotatable bonds is 3. The molecule has 0 aliphatic carbocycles. The molecule has 7 nitrogen and oxygen atoms in total. The van der Waals surface area contributed by atoms with Gasteiger partial charge in [0.1, 0.15) is 11.9 Å². The zero-order valence-electron chi connectivity index (χ0n) is 11.1. The Balaban J connectivity index is 2.43. The molecule has 116 valence electrons. The number of nitrogens with one attached hydrogen (secondary N) is 1. The maximum Gasteiger partial charge on any atom is 0.433 e. The van der Waals surface area contributed by atoms with Gasteiger partial charge in [0.25, 0.3) is 0 Å². The van der Waals surface area contributed by atoms with Gasteiger partial charge in [0.15, 0.2) is 5.69 Å². The zero-order valence-corrected chi connectivity index (χ0v) is 11.1. The molecule has 2 heterocycles. The summed E-state index contributed by atoms with van der Waals surface area (Å²) in [6, 6.07) is -0.0679. The number of carbonyl (C=O) groups is 1. The number of halogens is 3. The molecule has 0 saturated carbocycles. The van der Waals surface area contributed by atoms with E-state index in [4.69, 9.17) is 10.5 Å². The van der Waals surface area contributed by atoms with E-state index in [1.54, 1.807) is 0 Å². The predicted octanol–water partition coefficient (Wildman–Crippen LogP) is 0.228. The van der Waals surface area contributed by atoms with E-state index in [2.05, 4.69) is 15.3 Å². The van der Waals surface area contributed by atoms with Crippen LogP contribution in [-0.4, -0.2) is 48.7 Å². The van der Waals surface area contributed by atoms with Gasteiger partial charge in [-0.25, -0.2) is 4.98 Å². The second-order valence-corrected chi connectivity index (χ2v) is 4.37. The number of aromatic nitrogens is 2. The van der Waals surface area contributed by atoms with Crippen LogP contribution in [-0.2, 0) is 15.7 Å². The van der Waals surface area contributed by atoms with Gasteiger partial charge in [-0.05, 0) is 0 Å². The number of hydrogen-bond acceptors (Lipinski definition) is 6. The topological polar surface area (TPSA) is 93.4 Å². The lowest BCUT2D eigenvalue weighted by Crippen LogP contribution is -2.53. The second-order valence-electron chi connectivity index (χ2n) is 4.37. The first-order chi connectivity index (χ1) is 9.82. The molecule has 0 radical (unpaired) electrons. The van der Waals surface area contributed by atoms with E-state index in [1.807, 2.05) is 0 Å². The molecular formula is C11H14F3N5O2. The van der Waals surface area contributed by atoms with Crippen LogP contribution in [0, 0.1) is 0 Å². The molecule has 21 heavy (non-hydrogen) atoms. The molecule has 1 atom stereocenters. The molecule has 1 aliphatic heterocycles. The van der Waals surface area contributed by atoms with Gasteiger partial charge in [-0.15, -0.1) is 0 Å². The van der Waals surface area contributed by atoms with Crippen molar-refractivity contribution in [2.75, 3.05) is 37.0 Å². The van der Waals surface area contributed by atoms with Crippen LogP contribution < -0.4 is 16.0 Å². The number of anilines is 2. The molecule has 1 fully saturated rings. The van der Waals surface area contributed by atoms with Crippen molar-refractivity contribution in [3.8, 4) is 0 Å². The average molecular weight is 305 g/mol. The molecule has 0 aromatic carbocycles. The molecule has 10 heteroatoms. The number of amides is 1. The summed E-state index contributed by atoms with van der Waals surface area (Å²) in [6.07, 6.45) is -4.61. The second kappa shape index (κ2) is 5.72. The van der Waals surface area contributed by atoms with Crippen molar-refractivity contribution in [1.29, 1.82) is 0 Å². The van der Waals surface area contributed by atoms with Crippen LogP contribution in [0.15, 0.2) is 6.07 Å². The third-order valence-electron chi connectivity index (χ3n) is 2.98. The number of carbonyl (C=O) groups excluding carboxylic acids is 1. The maximum atomic E-state index is 12.9. The van der Waals surface area contributed by atoms with Crippen LogP contribution in [0.2, 0.25) is 0 Å². The molecule has 3 N–H and O–H groups in total. The highest BCUT2D eigenvalue weighted by atomic mass is 19.4. The summed E-state index contributed by atoms with van der Waals surface area (Å²) in [7, 11) is 1.41. The van der Waals surface area contributed by atoms with Gasteiger partial charge in [-0.2, -0.15) is 18.2 Å². The lowest BCUT2D eigenvalue weighted by Gasteiger charge is -2.34. The van der Waals surface area contributed by atoms with E-state index >= 15 is 0 Å². The highest BCUT2D eigenvalue weighted by molar-refractivity contribution is 5.83. The Morgan fingerprint density at radius 2 is 2.24 bits per heavy atom. The highest BCUT2D eigenvalue weighted by Crippen LogP contribution is 2.31. The third-order valence-corrected chi connectivity index (χ3v) is 2.98. The number of nitrogens with two attached hydrogens (primary N) is 1. The van der Waals surface area contributed by atoms with Crippen molar-refractivity contribution in [2.24, 2.45) is 5.73 Å². The monoisotopic (exact) mass is 305 g/mol. The number of hydrogen-bond donors (Lipinski definition) is 2. The molecule has 1 unspecified atom stereocenters. The number of primary amides is 1. The molecule has 1 aromatic rings. The molecule has 1 amide bonds. The highest BCUT2D eigenvalue weighted by Gasteiger charge is 2.36. The normalized spacial score (nSPS) is 19.4. The van der Waals surface area contributed by atoms with Gasteiger partial charge in [-0.1, -0.05) is 0 Å². The first-order valence-electron chi connectivity index (χ1n) is 6.10. The average Bonchev–Trinajstić information content (AvgIpc) is 2.45. The fraction of sp³-hybridized carbons (Fsp3) is 0.545. The van der Waals surface area contributed by atoms with Crippen LogP contribution in [0.3, 0.4) is 0 Å². The minimum atomic E-state index is -4.61. The van der Waals surface area contributed by atoms with E-state index in [-0.39, 0.29) is 31.5 Å². The summed E-state index contributed by atoms with van der Waals surface area (Å²) in [4.78, 5) is 20.1. The molecule has 1 aliphatic rings. The molecular weight excluding hydrogens is 291 g/mol. The minimum absolute atomic E-state index is 0.00950. The van der Waals surface area contributed by atoms with Gasteiger partial charge >= 0.3 is 6.18 Å².